The molecule has 4 rings (SSSR count). The molecule has 7 nitrogen and oxygen atoms in total. The van der Waals surface area contributed by atoms with E-state index in [-0.39, 0.29) is 11.8 Å². The summed E-state index contributed by atoms with van der Waals surface area (Å²) < 4.78 is 10.5. The summed E-state index contributed by atoms with van der Waals surface area (Å²) in [5.74, 6) is 2.19. The third-order valence-electron chi connectivity index (χ3n) is 5.55. The predicted octanol–water partition coefficient (Wildman–Crippen LogP) is 0.741. The molecule has 0 radical (unpaired) electrons. The zero-order chi connectivity index (χ0) is 15.1. The number of H-pyrrole nitrogens is 1. The van der Waals surface area contributed by atoms with E-state index in [0.717, 1.165) is 45.6 Å². The fourth-order valence-corrected chi connectivity index (χ4v) is 4.13. The number of nitrogens with one attached hydrogen (secondary N) is 1. The smallest absolute Gasteiger partial charge is 0.392 e. The summed E-state index contributed by atoms with van der Waals surface area (Å²) in [4.78, 5) is 25.4. The van der Waals surface area contributed by atoms with Crippen molar-refractivity contribution in [1.82, 2.24) is 15.1 Å². The SMILES string of the molecule is O=C(CC1C[C@@H]2COC[C@H]12)N1CCC(c2n[nH]c(=O)o2)CC1. The molecule has 3 fully saturated rings. The van der Waals surface area contributed by atoms with Crippen LogP contribution in [0.25, 0.3) is 0 Å². The van der Waals surface area contributed by atoms with Gasteiger partial charge < -0.3 is 14.1 Å². The summed E-state index contributed by atoms with van der Waals surface area (Å²) in [5.41, 5.74) is 0. The Kier molecular flexibility index (Phi) is 3.52. The van der Waals surface area contributed by atoms with E-state index in [9.17, 15) is 9.59 Å². The number of likely N-dealkylation sites (tertiary alicyclic amines) is 1. The van der Waals surface area contributed by atoms with Gasteiger partial charge in [-0.2, -0.15) is 0 Å². The van der Waals surface area contributed by atoms with Gasteiger partial charge in [-0.25, -0.2) is 9.89 Å². The number of hydrogen-bond donors (Lipinski definition) is 1. The number of carbonyl (C=O) groups excluding carboxylic acids is 1. The fraction of sp³-hybridized carbons (Fsp3) is 0.800. The van der Waals surface area contributed by atoms with Crippen molar-refractivity contribution in [1.29, 1.82) is 0 Å². The Morgan fingerprint density at radius 2 is 2.14 bits per heavy atom. The van der Waals surface area contributed by atoms with Crippen molar-refractivity contribution >= 4 is 5.91 Å². The van der Waals surface area contributed by atoms with Crippen LogP contribution in [0.1, 0.15) is 37.5 Å². The van der Waals surface area contributed by atoms with Gasteiger partial charge in [0.1, 0.15) is 0 Å². The molecule has 1 aromatic rings. The molecule has 2 aliphatic heterocycles. The van der Waals surface area contributed by atoms with Gasteiger partial charge in [0.25, 0.3) is 0 Å². The molecule has 3 heterocycles. The monoisotopic (exact) mass is 307 g/mol. The van der Waals surface area contributed by atoms with Gasteiger partial charge in [-0.15, -0.1) is 5.10 Å². The number of rotatable bonds is 3. The molecule has 0 aromatic carbocycles. The second kappa shape index (κ2) is 5.53. The summed E-state index contributed by atoms with van der Waals surface area (Å²) in [6, 6.07) is 0. The van der Waals surface area contributed by atoms with Gasteiger partial charge in [-0.3, -0.25) is 4.79 Å². The van der Waals surface area contributed by atoms with Gasteiger partial charge in [0.05, 0.1) is 6.61 Å². The summed E-state index contributed by atoms with van der Waals surface area (Å²) in [6.07, 6.45) is 3.41. The van der Waals surface area contributed by atoms with E-state index in [2.05, 4.69) is 10.2 Å². The molecule has 1 amide bonds. The lowest BCUT2D eigenvalue weighted by molar-refractivity contribution is -0.135. The number of fused-ring (bicyclic) bond motifs is 1. The van der Waals surface area contributed by atoms with E-state index in [1.807, 2.05) is 4.90 Å². The first kappa shape index (κ1) is 14.0. The Morgan fingerprint density at radius 3 is 2.82 bits per heavy atom. The highest BCUT2D eigenvalue weighted by Gasteiger charge is 2.45. The zero-order valence-corrected chi connectivity index (χ0v) is 12.5. The molecule has 2 saturated heterocycles. The van der Waals surface area contributed by atoms with E-state index in [1.54, 1.807) is 0 Å². The van der Waals surface area contributed by atoms with Crippen molar-refractivity contribution in [3.63, 3.8) is 0 Å². The van der Waals surface area contributed by atoms with Crippen molar-refractivity contribution < 1.29 is 13.9 Å². The predicted molar refractivity (Wildman–Crippen MR) is 76.2 cm³/mol. The van der Waals surface area contributed by atoms with E-state index in [1.165, 1.54) is 0 Å². The molecule has 22 heavy (non-hydrogen) atoms. The molecular formula is C15H21N3O4. The largest absolute Gasteiger partial charge is 0.434 e. The molecule has 120 valence electrons. The van der Waals surface area contributed by atoms with Crippen molar-refractivity contribution in [2.45, 2.75) is 31.6 Å². The average Bonchev–Trinajstić information content (AvgIpc) is 3.11. The van der Waals surface area contributed by atoms with Crippen LogP contribution in [0.5, 0.6) is 0 Å². The van der Waals surface area contributed by atoms with E-state index in [4.69, 9.17) is 9.15 Å². The minimum Gasteiger partial charge on any atom is -0.392 e. The van der Waals surface area contributed by atoms with Crippen molar-refractivity contribution in [2.24, 2.45) is 17.8 Å². The van der Waals surface area contributed by atoms with Crippen LogP contribution in [0.2, 0.25) is 0 Å². The van der Waals surface area contributed by atoms with Crippen LogP contribution in [0.4, 0.5) is 0 Å². The lowest BCUT2D eigenvalue weighted by atomic mass is 9.65. The first-order valence-electron chi connectivity index (χ1n) is 8.11. The number of aromatic amines is 1. The van der Waals surface area contributed by atoms with E-state index in [0.29, 0.717) is 30.1 Å². The molecule has 7 heteroatoms. The van der Waals surface area contributed by atoms with Gasteiger partial charge in [0.15, 0.2) is 0 Å². The molecule has 1 unspecified atom stereocenters. The summed E-state index contributed by atoms with van der Waals surface area (Å²) in [5, 5.41) is 6.19. The highest BCUT2D eigenvalue weighted by Crippen LogP contribution is 2.46. The summed E-state index contributed by atoms with van der Waals surface area (Å²) >= 11 is 0. The second-order valence-electron chi connectivity index (χ2n) is 6.77. The van der Waals surface area contributed by atoms with Gasteiger partial charge >= 0.3 is 5.76 Å². The van der Waals surface area contributed by atoms with E-state index < -0.39 is 5.76 Å². The number of nitrogens with zero attached hydrogens (tertiary/aromatic N) is 2. The lowest BCUT2D eigenvalue weighted by Crippen LogP contribution is -2.43. The molecule has 1 N–H and O–H groups in total. The standard InChI is InChI=1S/C15H21N3O4/c19-13(6-10-5-11-7-21-8-12(10)11)18-3-1-9(2-4-18)14-16-17-15(20)22-14/h9-12H,1-8H2,(H,17,20)/t10?,11-,12-/m1/s1. The number of carbonyl (C=O) groups is 1. The third-order valence-corrected chi connectivity index (χ3v) is 5.55. The minimum absolute atomic E-state index is 0.138. The Bertz CT molecular complexity index is 602. The van der Waals surface area contributed by atoms with Crippen molar-refractivity contribution in [3.05, 3.63) is 16.4 Å². The topological polar surface area (TPSA) is 88.4 Å². The lowest BCUT2D eigenvalue weighted by Gasteiger charge is -2.40. The number of hydrogen-bond acceptors (Lipinski definition) is 5. The molecule has 1 aromatic heterocycles. The molecule has 1 aliphatic carbocycles. The fourth-order valence-electron chi connectivity index (χ4n) is 4.13. The van der Waals surface area contributed by atoms with Crippen LogP contribution in [0.15, 0.2) is 9.21 Å². The molecule has 0 spiro atoms. The van der Waals surface area contributed by atoms with E-state index >= 15 is 0 Å². The van der Waals surface area contributed by atoms with Crippen LogP contribution in [0.3, 0.4) is 0 Å². The van der Waals surface area contributed by atoms with Crippen LogP contribution >= 0.6 is 0 Å². The first-order valence-corrected chi connectivity index (χ1v) is 8.11. The van der Waals surface area contributed by atoms with Crippen LogP contribution in [-0.2, 0) is 9.53 Å². The maximum Gasteiger partial charge on any atom is 0.434 e. The summed E-state index contributed by atoms with van der Waals surface area (Å²) in [7, 11) is 0. The van der Waals surface area contributed by atoms with Crippen molar-refractivity contribution in [2.75, 3.05) is 26.3 Å². The Balaban J connectivity index is 1.28. The van der Waals surface area contributed by atoms with Crippen LogP contribution in [-0.4, -0.2) is 47.3 Å². The second-order valence-corrected chi connectivity index (χ2v) is 6.77. The average molecular weight is 307 g/mol. The highest BCUT2D eigenvalue weighted by atomic mass is 16.5. The Morgan fingerprint density at radius 1 is 1.32 bits per heavy atom. The number of ether oxygens (including phenoxy) is 1. The zero-order valence-electron chi connectivity index (χ0n) is 12.5. The Labute approximate surface area is 128 Å². The number of piperidine rings is 1. The quantitative estimate of drug-likeness (QED) is 0.890. The van der Waals surface area contributed by atoms with Gasteiger partial charge in [0, 0.05) is 32.0 Å². The maximum absolute atomic E-state index is 12.4. The minimum atomic E-state index is -0.508. The molecule has 0 bridgehead atoms. The molecule has 1 saturated carbocycles. The van der Waals surface area contributed by atoms with Crippen LogP contribution in [0, 0.1) is 17.8 Å². The third kappa shape index (κ3) is 2.47. The maximum atomic E-state index is 12.4. The Hall–Kier alpha value is -1.63. The first-order chi connectivity index (χ1) is 10.7. The summed E-state index contributed by atoms with van der Waals surface area (Å²) in [6.45, 7) is 3.16. The molecular weight excluding hydrogens is 286 g/mol. The molecule has 3 aliphatic rings. The van der Waals surface area contributed by atoms with Gasteiger partial charge in [0.2, 0.25) is 11.8 Å². The normalized spacial score (nSPS) is 31.8. The van der Waals surface area contributed by atoms with Crippen molar-refractivity contribution in [3.8, 4) is 0 Å². The van der Waals surface area contributed by atoms with Gasteiger partial charge in [-0.1, -0.05) is 0 Å². The molecule has 3 atom stereocenters. The van der Waals surface area contributed by atoms with Crippen LogP contribution < -0.4 is 5.76 Å². The highest BCUT2D eigenvalue weighted by molar-refractivity contribution is 5.76. The van der Waals surface area contributed by atoms with Gasteiger partial charge in [-0.05, 0) is 37.0 Å². The number of amides is 1. The number of aromatic nitrogens is 2.